The molecular weight excluding hydrogens is 454 g/mol. The average Bonchev–Trinajstić information content (AvgIpc) is 3.26. The number of likely N-dealkylation sites (N-methyl/N-ethyl adjacent to an activating group) is 1. The highest BCUT2D eigenvalue weighted by Crippen LogP contribution is 2.32. The Hall–Kier alpha value is -2.98. The number of esters is 1. The Morgan fingerprint density at radius 3 is 2.46 bits per heavy atom. The molecule has 1 fully saturated rings. The summed E-state index contributed by atoms with van der Waals surface area (Å²) in [6.45, 7) is 7.90. The van der Waals surface area contributed by atoms with Gasteiger partial charge in [0.1, 0.15) is 17.7 Å². The molecule has 192 valence electrons. The number of hydrogen-bond donors (Lipinski definition) is 2. The quantitative estimate of drug-likeness (QED) is 0.339. The van der Waals surface area contributed by atoms with Crippen LogP contribution in [-0.2, 0) is 35.1 Å². The van der Waals surface area contributed by atoms with Crippen LogP contribution in [0.2, 0.25) is 0 Å². The number of amides is 2. The summed E-state index contributed by atoms with van der Waals surface area (Å²) in [6.07, 6.45) is 0.612. The van der Waals surface area contributed by atoms with E-state index in [2.05, 4.69) is 10.6 Å². The Labute approximate surface area is 205 Å². The number of hydrogen-bond acceptors (Lipinski definition) is 8. The molecule has 0 radical (unpaired) electrons. The van der Waals surface area contributed by atoms with Crippen LogP contribution in [0.4, 0.5) is 4.79 Å². The minimum absolute atomic E-state index is 0.367. The Morgan fingerprint density at radius 2 is 1.83 bits per heavy atom. The summed E-state index contributed by atoms with van der Waals surface area (Å²) in [4.78, 5) is 52.6. The van der Waals surface area contributed by atoms with Crippen molar-refractivity contribution < 1.29 is 33.4 Å². The van der Waals surface area contributed by atoms with Crippen molar-refractivity contribution in [3.8, 4) is 0 Å². The highest BCUT2D eigenvalue weighted by atomic mass is 16.6. The van der Waals surface area contributed by atoms with E-state index in [4.69, 9.17) is 14.2 Å². The van der Waals surface area contributed by atoms with E-state index in [-0.39, 0.29) is 0 Å². The normalized spacial score (nSPS) is 20.7. The number of carbonyl (C=O) groups excluding carboxylic acids is 4. The monoisotopic (exact) mass is 489 g/mol. The van der Waals surface area contributed by atoms with Gasteiger partial charge >= 0.3 is 12.1 Å². The third-order valence-electron chi connectivity index (χ3n) is 6.33. The number of nitrogens with zero attached hydrogens (tertiary/aromatic N) is 1. The van der Waals surface area contributed by atoms with E-state index in [0.29, 0.717) is 38.9 Å². The van der Waals surface area contributed by atoms with Crippen molar-refractivity contribution in [1.29, 1.82) is 0 Å². The highest BCUT2D eigenvalue weighted by Gasteiger charge is 2.47. The van der Waals surface area contributed by atoms with Crippen LogP contribution >= 0.6 is 0 Å². The van der Waals surface area contributed by atoms with Crippen molar-refractivity contribution in [3.05, 3.63) is 35.4 Å². The average molecular weight is 490 g/mol. The second kappa shape index (κ2) is 10.7. The summed E-state index contributed by atoms with van der Waals surface area (Å²) in [5.41, 5.74) is -0.904. The van der Waals surface area contributed by atoms with Gasteiger partial charge in [0.05, 0.1) is 0 Å². The summed E-state index contributed by atoms with van der Waals surface area (Å²) in [7, 11) is 1.43. The van der Waals surface area contributed by atoms with Gasteiger partial charge in [0.2, 0.25) is 11.6 Å². The number of nitrogens with one attached hydrogen (secondary N) is 2. The van der Waals surface area contributed by atoms with E-state index in [0.717, 1.165) is 16.0 Å². The molecule has 0 spiro atoms. The summed E-state index contributed by atoms with van der Waals surface area (Å²) in [5.74, 6) is -1.80. The first kappa shape index (κ1) is 26.6. The first-order valence-electron chi connectivity index (χ1n) is 11.8. The predicted molar refractivity (Wildman–Crippen MR) is 126 cm³/mol. The zero-order valence-corrected chi connectivity index (χ0v) is 21.0. The second-order valence-corrected chi connectivity index (χ2v) is 9.99. The molecule has 2 N–H and O–H groups in total. The minimum atomic E-state index is -1.90. The molecule has 2 heterocycles. The van der Waals surface area contributed by atoms with Crippen molar-refractivity contribution >= 4 is 24.3 Å². The summed E-state index contributed by atoms with van der Waals surface area (Å²) in [5, 5.41) is 5.75. The molecule has 1 aromatic rings. The first-order valence-corrected chi connectivity index (χ1v) is 11.8. The Bertz CT molecular complexity index is 955. The van der Waals surface area contributed by atoms with Crippen molar-refractivity contribution in [2.24, 2.45) is 5.92 Å². The van der Waals surface area contributed by atoms with Gasteiger partial charge in [-0.2, -0.15) is 0 Å². The highest BCUT2D eigenvalue weighted by molar-refractivity contribution is 5.89. The van der Waals surface area contributed by atoms with E-state index < -0.39 is 47.3 Å². The Morgan fingerprint density at radius 1 is 1.17 bits per heavy atom. The van der Waals surface area contributed by atoms with Crippen LogP contribution < -0.4 is 10.6 Å². The van der Waals surface area contributed by atoms with Crippen LogP contribution in [0.15, 0.2) is 24.3 Å². The lowest BCUT2D eigenvalue weighted by atomic mass is 9.88. The fourth-order valence-corrected chi connectivity index (χ4v) is 4.19. The van der Waals surface area contributed by atoms with E-state index in [1.54, 1.807) is 20.8 Å². The summed E-state index contributed by atoms with van der Waals surface area (Å²) < 4.78 is 16.6. The SMILES string of the molecule is C[C@@H](C(=O)N[C@](C=O)(OC(=O)C1NCc2ccccc21)C1CCOCC1)N(C)C(=O)OC(C)(C)C. The predicted octanol–water partition coefficient (Wildman–Crippen LogP) is 2.07. The van der Waals surface area contributed by atoms with Crippen LogP contribution in [0.25, 0.3) is 0 Å². The van der Waals surface area contributed by atoms with Gasteiger partial charge in [-0.15, -0.1) is 0 Å². The molecule has 2 aliphatic rings. The fraction of sp³-hybridized carbons (Fsp3) is 0.600. The van der Waals surface area contributed by atoms with Crippen LogP contribution in [-0.4, -0.2) is 66.8 Å². The molecule has 0 aromatic heterocycles. The molecule has 3 atom stereocenters. The zero-order valence-electron chi connectivity index (χ0n) is 21.0. The molecule has 0 aliphatic carbocycles. The fourth-order valence-electron chi connectivity index (χ4n) is 4.19. The van der Waals surface area contributed by atoms with Gasteiger partial charge in [-0.25, -0.2) is 9.59 Å². The topological polar surface area (TPSA) is 123 Å². The maximum atomic E-state index is 13.3. The van der Waals surface area contributed by atoms with Gasteiger partial charge in [-0.1, -0.05) is 24.3 Å². The van der Waals surface area contributed by atoms with Gasteiger partial charge in [0.25, 0.3) is 0 Å². The smallest absolute Gasteiger partial charge is 0.410 e. The Kier molecular flexibility index (Phi) is 8.17. The van der Waals surface area contributed by atoms with E-state index in [9.17, 15) is 19.2 Å². The first-order chi connectivity index (χ1) is 16.5. The molecule has 1 unspecified atom stereocenters. The van der Waals surface area contributed by atoms with Crippen molar-refractivity contribution in [2.75, 3.05) is 20.3 Å². The largest absolute Gasteiger partial charge is 0.444 e. The standard InChI is InChI=1S/C25H35N3O7/c1-16(28(5)23(32)35-24(2,3)4)21(30)27-25(15-29,18-10-12-33-13-11-18)34-22(31)20-19-9-7-6-8-17(19)14-26-20/h6-9,15-16,18,20,26H,10-14H2,1-5H3,(H,27,30)/t16-,20?,25+/m0/s1. The van der Waals surface area contributed by atoms with Gasteiger partial charge in [-0.3, -0.25) is 19.8 Å². The molecule has 10 nitrogen and oxygen atoms in total. The van der Waals surface area contributed by atoms with Gasteiger partial charge in [0, 0.05) is 32.7 Å². The van der Waals surface area contributed by atoms with Crippen molar-refractivity contribution in [2.45, 2.75) is 70.5 Å². The molecule has 35 heavy (non-hydrogen) atoms. The number of carbonyl (C=O) groups is 4. The van der Waals surface area contributed by atoms with Gasteiger partial charge in [0.15, 0.2) is 6.29 Å². The maximum absolute atomic E-state index is 13.3. The van der Waals surface area contributed by atoms with Crippen LogP contribution in [0.1, 0.15) is 57.7 Å². The van der Waals surface area contributed by atoms with Crippen LogP contribution in [0, 0.1) is 5.92 Å². The van der Waals surface area contributed by atoms with Crippen LogP contribution in [0.3, 0.4) is 0 Å². The van der Waals surface area contributed by atoms with Crippen molar-refractivity contribution in [3.63, 3.8) is 0 Å². The summed E-state index contributed by atoms with van der Waals surface area (Å²) >= 11 is 0. The molecule has 1 aromatic carbocycles. The molecular formula is C25H35N3O7. The molecule has 2 aliphatic heterocycles. The lowest BCUT2D eigenvalue weighted by molar-refractivity contribution is -0.182. The Balaban J connectivity index is 1.81. The second-order valence-electron chi connectivity index (χ2n) is 9.99. The minimum Gasteiger partial charge on any atom is -0.444 e. The molecule has 3 rings (SSSR count). The van der Waals surface area contributed by atoms with Gasteiger partial charge < -0.3 is 19.5 Å². The molecule has 1 saturated heterocycles. The number of rotatable bonds is 7. The van der Waals surface area contributed by atoms with E-state index >= 15 is 0 Å². The lowest BCUT2D eigenvalue weighted by Crippen LogP contribution is -2.62. The maximum Gasteiger partial charge on any atom is 0.410 e. The third-order valence-corrected chi connectivity index (χ3v) is 6.33. The number of aldehydes is 1. The van der Waals surface area contributed by atoms with E-state index in [1.165, 1.54) is 14.0 Å². The summed E-state index contributed by atoms with van der Waals surface area (Å²) in [6, 6.07) is 5.70. The molecule has 0 bridgehead atoms. The molecule has 0 saturated carbocycles. The van der Waals surface area contributed by atoms with Crippen LogP contribution in [0.5, 0.6) is 0 Å². The lowest BCUT2D eigenvalue weighted by Gasteiger charge is -2.39. The molecule has 2 amide bonds. The number of benzene rings is 1. The third kappa shape index (κ3) is 6.18. The number of ether oxygens (including phenoxy) is 3. The van der Waals surface area contributed by atoms with Crippen molar-refractivity contribution in [1.82, 2.24) is 15.5 Å². The number of fused-ring (bicyclic) bond motifs is 1. The molecule has 10 heteroatoms. The van der Waals surface area contributed by atoms with E-state index in [1.807, 2.05) is 24.3 Å². The van der Waals surface area contributed by atoms with Gasteiger partial charge in [-0.05, 0) is 51.7 Å². The zero-order chi connectivity index (χ0) is 25.8.